The molecular formula is C73H98N8O15. The highest BCUT2D eigenvalue weighted by atomic mass is 16.6. The number of rotatable bonds is 33. The van der Waals surface area contributed by atoms with E-state index in [0.717, 1.165) is 27.9 Å². The number of piperidine rings is 1. The number of nitrogens with zero attached hydrogens (tertiary/aromatic N) is 3. The molecule has 0 aliphatic carbocycles. The molecule has 0 spiro atoms. The highest BCUT2D eigenvalue weighted by Gasteiger charge is 2.42. The number of benzene rings is 4. The van der Waals surface area contributed by atoms with Crippen LogP contribution in [-0.2, 0) is 62.4 Å². The van der Waals surface area contributed by atoms with E-state index < -0.39 is 94.3 Å². The number of aliphatic hydroxyl groups is 1. The van der Waals surface area contributed by atoms with Gasteiger partial charge in [-0.15, -0.1) is 0 Å². The maximum absolute atomic E-state index is 14.5. The molecule has 6 N–H and O–H groups in total. The molecule has 1 aromatic heterocycles. The number of ether oxygens (including phenoxy) is 6. The van der Waals surface area contributed by atoms with Crippen molar-refractivity contribution in [3.63, 3.8) is 0 Å². The van der Waals surface area contributed by atoms with Crippen LogP contribution in [0, 0.1) is 16.2 Å². The fourth-order valence-corrected chi connectivity index (χ4v) is 10.9. The van der Waals surface area contributed by atoms with Gasteiger partial charge in [0.2, 0.25) is 17.6 Å². The van der Waals surface area contributed by atoms with Crippen molar-refractivity contribution in [2.75, 3.05) is 54.2 Å². The third kappa shape index (κ3) is 23.1. The van der Waals surface area contributed by atoms with Crippen molar-refractivity contribution < 1.29 is 71.9 Å². The Bertz CT molecular complexity index is 3370. The van der Waals surface area contributed by atoms with Crippen LogP contribution in [0.1, 0.15) is 136 Å². The van der Waals surface area contributed by atoms with Gasteiger partial charge in [-0.3, -0.25) is 34.4 Å². The molecule has 1 aliphatic heterocycles. The first-order valence-electron chi connectivity index (χ1n) is 32.8. The molecule has 6 atom stereocenters. The predicted octanol–water partition coefficient (Wildman–Crippen LogP) is 9.18. The van der Waals surface area contributed by atoms with Gasteiger partial charge in [0.25, 0.3) is 11.8 Å². The summed E-state index contributed by atoms with van der Waals surface area (Å²) in [4.78, 5) is 115. The van der Waals surface area contributed by atoms with Crippen LogP contribution >= 0.6 is 0 Å². The second-order valence-corrected chi connectivity index (χ2v) is 26.8. The Morgan fingerprint density at radius 2 is 1.39 bits per heavy atom. The van der Waals surface area contributed by atoms with Crippen LogP contribution in [0.2, 0.25) is 0 Å². The zero-order valence-electron chi connectivity index (χ0n) is 57.6. The summed E-state index contributed by atoms with van der Waals surface area (Å²) in [5, 5.41) is 24.8. The summed E-state index contributed by atoms with van der Waals surface area (Å²) < 4.78 is 33.7. The Labute approximate surface area is 564 Å². The number of hydrazine groups is 1. The number of nitrogens with one attached hydrogen (secondary N) is 5. The van der Waals surface area contributed by atoms with Crippen molar-refractivity contribution in [2.24, 2.45) is 16.2 Å². The average Bonchev–Trinajstić information content (AvgIpc) is 0.855. The van der Waals surface area contributed by atoms with Crippen LogP contribution in [0.4, 0.5) is 9.59 Å². The molecule has 96 heavy (non-hydrogen) atoms. The summed E-state index contributed by atoms with van der Waals surface area (Å²) in [6.45, 7) is 16.1. The molecule has 0 bridgehead atoms. The number of hydrogen-bond donors (Lipinski definition) is 6. The van der Waals surface area contributed by atoms with E-state index in [-0.39, 0.29) is 64.6 Å². The Morgan fingerprint density at radius 3 is 2.04 bits per heavy atom. The van der Waals surface area contributed by atoms with Crippen molar-refractivity contribution >= 4 is 47.6 Å². The molecule has 1 fully saturated rings. The first-order chi connectivity index (χ1) is 45.6. The molecule has 6 amide bonds. The van der Waals surface area contributed by atoms with Gasteiger partial charge in [0.05, 0.1) is 52.3 Å². The number of pyridine rings is 1. The minimum Gasteiger partial charge on any atom is -0.493 e. The van der Waals surface area contributed by atoms with Gasteiger partial charge in [-0.2, -0.15) is 0 Å². The third-order valence-electron chi connectivity index (χ3n) is 16.9. The van der Waals surface area contributed by atoms with E-state index >= 15 is 0 Å². The quantitative estimate of drug-likeness (QED) is 0.00750. The average molecular weight is 1330 g/mol. The van der Waals surface area contributed by atoms with E-state index in [4.69, 9.17) is 28.4 Å². The molecule has 0 saturated carbocycles. The van der Waals surface area contributed by atoms with Crippen molar-refractivity contribution in [1.29, 1.82) is 0 Å². The second kappa shape index (κ2) is 36.1. The van der Waals surface area contributed by atoms with Crippen LogP contribution in [0.3, 0.4) is 0 Å². The lowest BCUT2D eigenvalue weighted by atomic mass is 9.84. The number of alkyl carbamates (subject to hydrolysis) is 2. The Kier molecular flexibility index (Phi) is 28.6. The number of aliphatic hydroxyl groups excluding tert-OH is 1. The fourth-order valence-electron chi connectivity index (χ4n) is 10.9. The molecule has 1 aliphatic rings. The Balaban J connectivity index is 1.06. The van der Waals surface area contributed by atoms with Crippen molar-refractivity contribution in [3.8, 4) is 28.5 Å². The molecule has 5 aromatic rings. The number of carbonyl (C=O) groups excluding carboxylic acids is 8. The SMILES string of the molecule is CCC(C)(C)C(=O)C(=O)N1CCCC[C@H]1C(=O)O[C@H](CCc1ccc(OC)c(OC)c1)c1cccc(OCCNC(=O)CCCOC(=O)N[C@H](C(=O)NN(Cc2ccc(-c3ccccn3)cc2)C[C@H](O)[C@H](Cc2ccccc2)NC(=O)[C@@H](NC(=O)OC)C(C)(C)C)C(C)(C)C)c1. The number of Topliss-reactive ketones (excluding diaryl/α,β-unsaturated/α-hetero) is 1. The van der Waals surface area contributed by atoms with E-state index in [2.05, 4.69) is 31.7 Å². The molecule has 6 rings (SSSR count). The number of amides is 6. The number of esters is 1. The van der Waals surface area contributed by atoms with Gasteiger partial charge in [0.15, 0.2) is 11.5 Å². The molecule has 23 heteroatoms. The van der Waals surface area contributed by atoms with Gasteiger partial charge in [-0.1, -0.05) is 141 Å². The Morgan fingerprint density at radius 1 is 0.708 bits per heavy atom. The molecular weight excluding hydrogens is 1230 g/mol. The smallest absolute Gasteiger partial charge is 0.407 e. The van der Waals surface area contributed by atoms with Crippen LogP contribution < -0.4 is 40.9 Å². The normalized spacial score (nSPS) is 14.9. The number of methoxy groups -OCH3 is 3. The second-order valence-electron chi connectivity index (χ2n) is 26.8. The van der Waals surface area contributed by atoms with Crippen molar-refractivity contribution in [1.82, 2.24) is 41.6 Å². The molecule has 1 saturated heterocycles. The lowest BCUT2D eigenvalue weighted by molar-refractivity contribution is -0.164. The molecule has 4 aromatic carbocycles. The van der Waals surface area contributed by atoms with Gasteiger partial charge in [-0.05, 0) is 121 Å². The van der Waals surface area contributed by atoms with Crippen molar-refractivity contribution in [2.45, 2.75) is 163 Å². The maximum atomic E-state index is 14.5. The fraction of sp³-hybridized carbons (Fsp3) is 0.493. The monoisotopic (exact) mass is 1330 g/mol. The summed E-state index contributed by atoms with van der Waals surface area (Å²) in [5.41, 5.74) is 5.11. The number of likely N-dealkylation sites (tertiary alicyclic amines) is 1. The van der Waals surface area contributed by atoms with E-state index in [9.17, 15) is 43.5 Å². The van der Waals surface area contributed by atoms with Gasteiger partial charge >= 0.3 is 18.2 Å². The summed E-state index contributed by atoms with van der Waals surface area (Å²) in [6, 6.07) is 31.0. The highest BCUT2D eigenvalue weighted by molar-refractivity contribution is 6.38. The van der Waals surface area contributed by atoms with E-state index in [0.29, 0.717) is 61.3 Å². The molecule has 0 radical (unpaired) electrons. The number of hydrogen-bond acceptors (Lipinski definition) is 17. The zero-order valence-corrected chi connectivity index (χ0v) is 57.6. The molecule has 23 nitrogen and oxygen atoms in total. The number of aromatic nitrogens is 1. The number of aryl methyl sites for hydroxylation is 1. The van der Waals surface area contributed by atoms with Crippen LogP contribution in [0.25, 0.3) is 11.3 Å². The Hall–Kier alpha value is -9.09. The molecule has 520 valence electrons. The number of ketones is 1. The predicted molar refractivity (Wildman–Crippen MR) is 362 cm³/mol. The minimum atomic E-state index is -1.32. The van der Waals surface area contributed by atoms with Crippen LogP contribution in [-0.4, -0.2) is 152 Å². The standard InChI is InChI=1S/C73H98N8O15/c1-13-73(8,9)64(84)67(87)81-40-20-18-28-56(81)68(88)96-58(36-32-49-33-37-59(91-10)60(44-49)92-11)52-25-21-26-53(45-52)94-42-39-75-61(83)29-22-41-95-70(90)78-63(72(5,6)7)66(86)79-80(46-50-30-34-51(35-31-50)54-27-17-19-38-74-54)47-57(82)55(43-48-23-15-14-16-24-48)76-65(85)62(71(2,3)4)77-69(89)93-12/h14-17,19,21,23-27,30-31,33-35,37-38,44-45,55-58,62-63,82H,13,18,20,22,28-29,32,36,39-43,46-47H2,1-12H3,(H,75,83)(H,76,85)(H,77,89)(H,78,90)(H,79,86)/t55-,56-,57-,58+,62+,63+/m0/s1. The van der Waals surface area contributed by atoms with Gasteiger partial charge in [0.1, 0.15) is 36.6 Å². The minimum absolute atomic E-state index is 0.00187. The summed E-state index contributed by atoms with van der Waals surface area (Å²) in [7, 11) is 4.31. The lowest BCUT2D eigenvalue weighted by Crippen LogP contribution is -2.60. The van der Waals surface area contributed by atoms with Gasteiger partial charge in [-0.25, -0.2) is 19.4 Å². The summed E-state index contributed by atoms with van der Waals surface area (Å²) in [6.07, 6.45) is 1.19. The van der Waals surface area contributed by atoms with Crippen LogP contribution in [0.5, 0.6) is 17.2 Å². The highest BCUT2D eigenvalue weighted by Crippen LogP contribution is 2.34. The topological polar surface area (TPSA) is 292 Å². The van der Waals surface area contributed by atoms with Crippen LogP contribution in [0.15, 0.2) is 121 Å². The zero-order chi connectivity index (χ0) is 70.2. The molecule has 2 heterocycles. The first kappa shape index (κ1) is 75.9. The third-order valence-corrected chi connectivity index (χ3v) is 16.9. The van der Waals surface area contributed by atoms with Gasteiger partial charge < -0.3 is 59.7 Å². The summed E-state index contributed by atoms with van der Waals surface area (Å²) >= 11 is 0. The lowest BCUT2D eigenvalue weighted by Gasteiger charge is -2.36. The van der Waals surface area contributed by atoms with E-state index in [1.807, 2.05) is 97.9 Å². The van der Waals surface area contributed by atoms with Gasteiger partial charge in [0, 0.05) is 43.2 Å². The van der Waals surface area contributed by atoms with Crippen molar-refractivity contribution in [3.05, 3.63) is 144 Å². The maximum Gasteiger partial charge on any atom is 0.407 e. The first-order valence-corrected chi connectivity index (χ1v) is 32.8. The largest absolute Gasteiger partial charge is 0.493 e. The number of carbonyl (C=O) groups is 8. The summed E-state index contributed by atoms with van der Waals surface area (Å²) in [5.74, 6) is -1.78. The molecule has 0 unspecified atom stereocenters. The van der Waals surface area contributed by atoms with E-state index in [1.54, 1.807) is 100 Å². The van der Waals surface area contributed by atoms with E-state index in [1.165, 1.54) is 17.0 Å².